The highest BCUT2D eigenvalue weighted by molar-refractivity contribution is 5.79. The van der Waals surface area contributed by atoms with Gasteiger partial charge in [0, 0.05) is 11.9 Å². The van der Waals surface area contributed by atoms with Crippen molar-refractivity contribution in [3.05, 3.63) is 54.2 Å². The van der Waals surface area contributed by atoms with Crippen LogP contribution in [0.2, 0.25) is 0 Å². The molecular formula is C17H19NO4. The third-order valence-corrected chi connectivity index (χ3v) is 3.59. The van der Waals surface area contributed by atoms with E-state index in [-0.39, 0.29) is 0 Å². The zero-order chi connectivity index (χ0) is 15.6. The first-order valence-electron chi connectivity index (χ1n) is 7.12. The number of methoxy groups -OCH3 is 1. The lowest BCUT2D eigenvalue weighted by Crippen LogP contribution is -2.34. The van der Waals surface area contributed by atoms with Gasteiger partial charge in [-0.15, -0.1) is 0 Å². The average molecular weight is 301 g/mol. The van der Waals surface area contributed by atoms with Crippen LogP contribution in [0, 0.1) is 0 Å². The highest BCUT2D eigenvalue weighted by Crippen LogP contribution is 2.24. The second-order valence-electron chi connectivity index (χ2n) is 5.47. The Bertz CT molecular complexity index is 743. The Labute approximate surface area is 128 Å². The van der Waals surface area contributed by atoms with Gasteiger partial charge in [0.1, 0.15) is 28.5 Å². The Balaban J connectivity index is 1.64. The van der Waals surface area contributed by atoms with E-state index in [4.69, 9.17) is 13.6 Å². The number of furan rings is 2. The third-order valence-electron chi connectivity index (χ3n) is 3.59. The van der Waals surface area contributed by atoms with Crippen LogP contribution in [-0.4, -0.2) is 18.8 Å². The van der Waals surface area contributed by atoms with E-state index in [1.54, 1.807) is 32.4 Å². The highest BCUT2D eigenvalue weighted by atomic mass is 16.5. The number of hydrogen-bond acceptors (Lipinski definition) is 5. The molecule has 22 heavy (non-hydrogen) atoms. The average Bonchev–Trinajstić information content (AvgIpc) is 3.15. The van der Waals surface area contributed by atoms with Crippen molar-refractivity contribution in [2.75, 3.05) is 13.7 Å². The molecule has 0 saturated heterocycles. The van der Waals surface area contributed by atoms with Crippen molar-refractivity contribution in [3.63, 3.8) is 0 Å². The van der Waals surface area contributed by atoms with Crippen LogP contribution in [0.15, 0.2) is 51.5 Å². The molecule has 3 aromatic rings. The van der Waals surface area contributed by atoms with Gasteiger partial charge in [-0.2, -0.15) is 0 Å². The quantitative estimate of drug-likeness (QED) is 0.732. The summed E-state index contributed by atoms with van der Waals surface area (Å²) in [6.45, 7) is 2.59. The zero-order valence-corrected chi connectivity index (χ0v) is 12.6. The topological polar surface area (TPSA) is 67.8 Å². The number of hydrogen-bond donors (Lipinski definition) is 2. The molecule has 2 heterocycles. The summed E-state index contributed by atoms with van der Waals surface area (Å²) < 4.78 is 16.2. The summed E-state index contributed by atoms with van der Waals surface area (Å²) in [6.07, 6.45) is 1.55. The van der Waals surface area contributed by atoms with Gasteiger partial charge in [0.25, 0.3) is 0 Å². The van der Waals surface area contributed by atoms with Gasteiger partial charge in [-0.3, -0.25) is 0 Å². The van der Waals surface area contributed by atoms with Crippen LogP contribution in [0.5, 0.6) is 5.75 Å². The lowest BCUT2D eigenvalue weighted by atomic mass is 10.0. The molecule has 5 heteroatoms. The molecule has 3 rings (SSSR count). The lowest BCUT2D eigenvalue weighted by Gasteiger charge is -2.20. The second kappa shape index (κ2) is 5.87. The van der Waals surface area contributed by atoms with E-state index in [9.17, 15) is 5.11 Å². The fourth-order valence-corrected chi connectivity index (χ4v) is 2.39. The first kappa shape index (κ1) is 14.7. The summed E-state index contributed by atoms with van der Waals surface area (Å²) in [5.41, 5.74) is -0.242. The Morgan fingerprint density at radius 1 is 1.27 bits per heavy atom. The fourth-order valence-electron chi connectivity index (χ4n) is 2.39. The van der Waals surface area contributed by atoms with Crippen molar-refractivity contribution < 1.29 is 18.7 Å². The number of benzene rings is 1. The second-order valence-corrected chi connectivity index (χ2v) is 5.47. The summed E-state index contributed by atoms with van der Waals surface area (Å²) in [6, 6.07) is 11.2. The van der Waals surface area contributed by atoms with E-state index in [1.165, 1.54) is 0 Å². The summed E-state index contributed by atoms with van der Waals surface area (Å²) >= 11 is 0. The van der Waals surface area contributed by atoms with Gasteiger partial charge >= 0.3 is 0 Å². The van der Waals surface area contributed by atoms with Crippen molar-refractivity contribution in [1.29, 1.82) is 0 Å². The minimum atomic E-state index is -1.06. The molecular weight excluding hydrogens is 282 g/mol. The van der Waals surface area contributed by atoms with Crippen molar-refractivity contribution in [2.24, 2.45) is 0 Å². The van der Waals surface area contributed by atoms with Crippen LogP contribution in [-0.2, 0) is 12.1 Å². The number of ether oxygens (including phenoxy) is 1. The summed E-state index contributed by atoms with van der Waals surface area (Å²) in [5, 5.41) is 14.5. The maximum Gasteiger partial charge on any atom is 0.136 e. The monoisotopic (exact) mass is 301 g/mol. The maximum atomic E-state index is 10.4. The molecule has 2 N–H and O–H groups in total. The molecule has 5 nitrogen and oxygen atoms in total. The molecule has 0 amide bonds. The molecule has 1 atom stereocenters. The summed E-state index contributed by atoms with van der Waals surface area (Å²) in [4.78, 5) is 0. The van der Waals surface area contributed by atoms with E-state index in [2.05, 4.69) is 5.32 Å². The number of fused-ring (bicyclic) bond motifs is 1. The van der Waals surface area contributed by atoms with E-state index in [1.807, 2.05) is 24.3 Å². The van der Waals surface area contributed by atoms with Crippen LogP contribution >= 0.6 is 0 Å². The van der Waals surface area contributed by atoms with Gasteiger partial charge in [-0.25, -0.2) is 0 Å². The summed E-state index contributed by atoms with van der Waals surface area (Å²) in [5.74, 6) is 2.14. The Kier molecular flexibility index (Phi) is 3.92. The van der Waals surface area contributed by atoms with E-state index in [0.717, 1.165) is 22.5 Å². The van der Waals surface area contributed by atoms with Crippen molar-refractivity contribution in [2.45, 2.75) is 19.1 Å². The molecule has 0 aliphatic heterocycles. The maximum absolute atomic E-state index is 10.4. The fraction of sp³-hybridized carbons (Fsp3) is 0.294. The van der Waals surface area contributed by atoms with Gasteiger partial charge < -0.3 is 24.0 Å². The summed E-state index contributed by atoms with van der Waals surface area (Å²) in [7, 11) is 1.64. The lowest BCUT2D eigenvalue weighted by molar-refractivity contribution is 0.0337. The molecule has 0 spiro atoms. The minimum Gasteiger partial charge on any atom is -0.497 e. The molecule has 0 saturated carbocycles. The SMILES string of the molecule is COc1ccc2oc(CNCC(C)(O)c3ccco3)cc2c1. The Morgan fingerprint density at radius 2 is 2.14 bits per heavy atom. The zero-order valence-electron chi connectivity index (χ0n) is 12.6. The molecule has 0 aliphatic rings. The molecule has 116 valence electrons. The molecule has 0 bridgehead atoms. The number of rotatable bonds is 6. The van der Waals surface area contributed by atoms with Gasteiger partial charge in [0.05, 0.1) is 19.9 Å². The van der Waals surface area contributed by atoms with E-state index >= 15 is 0 Å². The van der Waals surface area contributed by atoms with E-state index < -0.39 is 5.60 Å². The Morgan fingerprint density at radius 3 is 2.86 bits per heavy atom. The van der Waals surface area contributed by atoms with Gasteiger partial charge in [0.2, 0.25) is 0 Å². The van der Waals surface area contributed by atoms with Gasteiger partial charge in [-0.1, -0.05) is 0 Å². The predicted octanol–water partition coefficient (Wildman–Crippen LogP) is 3.03. The number of aliphatic hydroxyl groups is 1. The van der Waals surface area contributed by atoms with Crippen molar-refractivity contribution in [3.8, 4) is 5.75 Å². The van der Waals surface area contributed by atoms with Crippen molar-refractivity contribution >= 4 is 11.0 Å². The first-order chi connectivity index (χ1) is 10.6. The van der Waals surface area contributed by atoms with Gasteiger partial charge in [-0.05, 0) is 43.3 Å². The molecule has 1 unspecified atom stereocenters. The largest absolute Gasteiger partial charge is 0.497 e. The molecule has 2 aromatic heterocycles. The predicted molar refractivity (Wildman–Crippen MR) is 82.8 cm³/mol. The molecule has 0 radical (unpaired) electrons. The van der Waals surface area contributed by atoms with E-state index in [0.29, 0.717) is 18.8 Å². The normalized spacial score (nSPS) is 14.1. The molecule has 0 aliphatic carbocycles. The minimum absolute atomic E-state index is 0.362. The standard InChI is InChI=1S/C17H19NO4/c1-17(19,16-4-3-7-21-16)11-18-10-14-9-12-8-13(20-2)5-6-15(12)22-14/h3-9,18-19H,10-11H2,1-2H3. The smallest absolute Gasteiger partial charge is 0.136 e. The van der Waals surface area contributed by atoms with Crippen LogP contribution in [0.3, 0.4) is 0 Å². The Hall–Kier alpha value is -2.24. The van der Waals surface area contributed by atoms with Crippen LogP contribution in [0.1, 0.15) is 18.4 Å². The van der Waals surface area contributed by atoms with Crippen LogP contribution < -0.4 is 10.1 Å². The molecule has 1 aromatic carbocycles. The number of nitrogens with one attached hydrogen (secondary N) is 1. The van der Waals surface area contributed by atoms with Crippen molar-refractivity contribution in [1.82, 2.24) is 5.32 Å². The third kappa shape index (κ3) is 3.00. The van der Waals surface area contributed by atoms with Crippen LogP contribution in [0.4, 0.5) is 0 Å². The molecule has 0 fully saturated rings. The highest BCUT2D eigenvalue weighted by Gasteiger charge is 2.25. The van der Waals surface area contributed by atoms with Gasteiger partial charge in [0.15, 0.2) is 0 Å². The van der Waals surface area contributed by atoms with Crippen LogP contribution in [0.25, 0.3) is 11.0 Å². The first-order valence-corrected chi connectivity index (χ1v) is 7.12.